The van der Waals surface area contributed by atoms with Crippen molar-refractivity contribution in [2.45, 2.75) is 24.3 Å². The van der Waals surface area contributed by atoms with Crippen LogP contribution < -0.4 is 10.0 Å². The zero-order chi connectivity index (χ0) is 25.1. The second-order valence-corrected chi connectivity index (χ2v) is 11.0. The van der Waals surface area contributed by atoms with Crippen molar-refractivity contribution in [2.75, 3.05) is 0 Å². The highest BCUT2D eigenvalue weighted by Gasteiger charge is 2.25. The maximum atomic E-state index is 13.0. The molecule has 2 heterocycles. The van der Waals surface area contributed by atoms with Gasteiger partial charge >= 0.3 is 6.03 Å². The summed E-state index contributed by atoms with van der Waals surface area (Å²) in [6, 6.07) is 23.0. The first-order valence-corrected chi connectivity index (χ1v) is 13.7. The molecular formula is C27H24N4O3S2. The third kappa shape index (κ3) is 5.02. The molecule has 0 aliphatic carbocycles. The van der Waals surface area contributed by atoms with Crippen molar-refractivity contribution < 1.29 is 13.2 Å². The predicted molar refractivity (Wildman–Crippen MR) is 142 cm³/mol. The molecule has 2 amide bonds. The number of urea groups is 1. The molecule has 0 fully saturated rings. The molecule has 7 nitrogen and oxygen atoms in total. The van der Waals surface area contributed by atoms with Gasteiger partial charge in [-0.1, -0.05) is 48.5 Å². The van der Waals surface area contributed by atoms with Crippen LogP contribution in [-0.2, 0) is 16.4 Å². The number of nitrogens with one attached hydrogen (secondary N) is 2. The van der Waals surface area contributed by atoms with Gasteiger partial charge in [0.1, 0.15) is 5.82 Å². The zero-order valence-corrected chi connectivity index (χ0v) is 21.1. The monoisotopic (exact) mass is 516 g/mol. The van der Waals surface area contributed by atoms with E-state index in [4.69, 9.17) is 0 Å². The van der Waals surface area contributed by atoms with Crippen LogP contribution in [0, 0.1) is 6.92 Å². The molecule has 36 heavy (non-hydrogen) atoms. The topological polar surface area (TPSA) is 93.1 Å². The van der Waals surface area contributed by atoms with Crippen molar-refractivity contribution in [1.29, 1.82) is 0 Å². The Morgan fingerprint density at radius 2 is 1.81 bits per heavy atom. The Morgan fingerprint density at radius 1 is 1.03 bits per heavy atom. The minimum Gasteiger partial charge on any atom is -0.327 e. The lowest BCUT2D eigenvalue weighted by atomic mass is 10.1. The summed E-state index contributed by atoms with van der Waals surface area (Å²) in [5, 5.41) is 6.01. The quantitative estimate of drug-likeness (QED) is 0.304. The first-order valence-electron chi connectivity index (χ1n) is 11.3. The van der Waals surface area contributed by atoms with Crippen molar-refractivity contribution >= 4 is 37.5 Å². The number of benzene rings is 3. The van der Waals surface area contributed by atoms with Gasteiger partial charge in [0.25, 0.3) is 10.0 Å². The normalized spacial score (nSPS) is 12.4. The maximum Gasteiger partial charge on any atom is 0.329 e. The SMILES string of the molecule is Cc1ccccc1S(=O)(=O)NC(=O)N[C@@H](Cc1ccccc1)c1nccn1-c1ccc2sccc2c1. The largest absolute Gasteiger partial charge is 0.329 e. The number of amides is 2. The fraction of sp³-hybridized carbons (Fsp3) is 0.111. The molecule has 9 heteroatoms. The van der Waals surface area contributed by atoms with Gasteiger partial charge in [0.2, 0.25) is 0 Å². The fourth-order valence-corrected chi connectivity index (χ4v) is 6.11. The molecule has 5 aromatic rings. The molecule has 0 unspecified atom stereocenters. The molecule has 0 saturated carbocycles. The highest BCUT2D eigenvalue weighted by Crippen LogP contribution is 2.26. The molecule has 0 bridgehead atoms. The standard InChI is InChI=1S/C27H24N4O3S2/c1-19-7-5-6-10-25(19)36(33,34)30-27(32)29-23(17-20-8-3-2-4-9-20)26-28-14-15-31(26)22-11-12-24-21(18-22)13-16-35-24/h2-16,18,23H,17H2,1H3,(H2,29,30,32)/t23-/m0/s1. The summed E-state index contributed by atoms with van der Waals surface area (Å²) in [4.78, 5) is 17.6. The average Bonchev–Trinajstić information content (AvgIpc) is 3.53. The van der Waals surface area contributed by atoms with Crippen LogP contribution in [0.1, 0.15) is 23.0 Å². The van der Waals surface area contributed by atoms with Gasteiger partial charge in [-0.05, 0) is 65.6 Å². The average molecular weight is 517 g/mol. The van der Waals surface area contributed by atoms with E-state index in [9.17, 15) is 13.2 Å². The minimum atomic E-state index is -4.05. The number of hydrogen-bond donors (Lipinski definition) is 2. The second-order valence-electron chi connectivity index (χ2n) is 8.38. The molecule has 0 aliphatic heterocycles. The van der Waals surface area contributed by atoms with Crippen LogP contribution in [0.5, 0.6) is 0 Å². The molecule has 0 radical (unpaired) electrons. The van der Waals surface area contributed by atoms with Crippen LogP contribution in [0.3, 0.4) is 0 Å². The molecule has 2 aromatic heterocycles. The van der Waals surface area contributed by atoms with Crippen molar-refractivity contribution in [3.63, 3.8) is 0 Å². The second kappa shape index (κ2) is 9.96. The summed E-state index contributed by atoms with van der Waals surface area (Å²) >= 11 is 1.67. The number of aromatic nitrogens is 2. The first-order chi connectivity index (χ1) is 17.4. The summed E-state index contributed by atoms with van der Waals surface area (Å²) in [5.74, 6) is 0.594. The zero-order valence-electron chi connectivity index (χ0n) is 19.5. The minimum absolute atomic E-state index is 0.0605. The van der Waals surface area contributed by atoms with Gasteiger partial charge in [-0.3, -0.25) is 0 Å². The van der Waals surface area contributed by atoms with Crippen LogP contribution in [-0.4, -0.2) is 24.0 Å². The third-order valence-corrected chi connectivity index (χ3v) is 8.28. The van der Waals surface area contributed by atoms with E-state index in [1.165, 1.54) is 10.8 Å². The smallest absolute Gasteiger partial charge is 0.327 e. The number of carbonyl (C=O) groups excluding carboxylic acids is 1. The number of nitrogens with zero attached hydrogens (tertiary/aromatic N) is 2. The molecule has 1 atom stereocenters. The number of aryl methyl sites for hydroxylation is 1. The summed E-state index contributed by atoms with van der Waals surface area (Å²) in [5.41, 5.74) is 2.44. The molecule has 3 aromatic carbocycles. The Balaban J connectivity index is 1.46. The molecule has 0 aliphatic rings. The van der Waals surface area contributed by atoms with Crippen molar-refractivity contribution in [3.05, 3.63) is 114 Å². The van der Waals surface area contributed by atoms with Crippen molar-refractivity contribution in [2.24, 2.45) is 0 Å². The van der Waals surface area contributed by atoms with Crippen LogP contribution in [0.15, 0.2) is 102 Å². The number of thiophene rings is 1. The lowest BCUT2D eigenvalue weighted by Gasteiger charge is -2.21. The maximum absolute atomic E-state index is 13.0. The van der Waals surface area contributed by atoms with Gasteiger partial charge in [-0.2, -0.15) is 0 Å². The summed E-state index contributed by atoms with van der Waals surface area (Å²) < 4.78 is 31.0. The molecule has 182 valence electrons. The molecule has 2 N–H and O–H groups in total. The predicted octanol–water partition coefficient (Wildman–Crippen LogP) is 5.37. The van der Waals surface area contributed by atoms with E-state index in [-0.39, 0.29) is 4.90 Å². The molecular weight excluding hydrogens is 492 g/mol. The van der Waals surface area contributed by atoms with E-state index in [1.807, 2.05) is 52.5 Å². The molecule has 5 rings (SSSR count). The van der Waals surface area contributed by atoms with E-state index >= 15 is 0 Å². The van der Waals surface area contributed by atoms with E-state index in [0.717, 1.165) is 16.6 Å². The summed E-state index contributed by atoms with van der Waals surface area (Å²) in [7, 11) is -4.05. The summed E-state index contributed by atoms with van der Waals surface area (Å²) in [6.07, 6.45) is 3.94. The first kappa shape index (κ1) is 23.8. The van der Waals surface area contributed by atoms with Crippen molar-refractivity contribution in [3.8, 4) is 5.69 Å². The molecule has 0 saturated heterocycles. The molecule has 0 spiro atoms. The number of imidazole rings is 1. The number of carbonyl (C=O) groups is 1. The van der Waals surface area contributed by atoms with Crippen LogP contribution in [0.4, 0.5) is 4.79 Å². The van der Waals surface area contributed by atoms with Gasteiger partial charge in [0.15, 0.2) is 0 Å². The van der Waals surface area contributed by atoms with Crippen LogP contribution in [0.25, 0.3) is 15.8 Å². The Hall–Kier alpha value is -3.95. The van der Waals surface area contributed by atoms with E-state index in [2.05, 4.69) is 33.2 Å². The fourth-order valence-electron chi connectivity index (χ4n) is 4.17. The van der Waals surface area contributed by atoms with Crippen LogP contribution in [0.2, 0.25) is 0 Å². The highest BCUT2D eigenvalue weighted by atomic mass is 32.2. The van der Waals surface area contributed by atoms with E-state index in [0.29, 0.717) is 17.8 Å². The Morgan fingerprint density at radius 3 is 2.61 bits per heavy atom. The van der Waals surface area contributed by atoms with E-state index < -0.39 is 22.1 Å². The lowest BCUT2D eigenvalue weighted by Crippen LogP contribution is -2.42. The number of sulfonamides is 1. The Kier molecular flexibility index (Phi) is 6.58. The number of rotatable bonds is 7. The van der Waals surface area contributed by atoms with Gasteiger partial charge in [0, 0.05) is 22.8 Å². The van der Waals surface area contributed by atoms with Gasteiger partial charge in [-0.25, -0.2) is 22.9 Å². The van der Waals surface area contributed by atoms with Crippen LogP contribution >= 0.6 is 11.3 Å². The lowest BCUT2D eigenvalue weighted by molar-refractivity contribution is 0.241. The van der Waals surface area contributed by atoms with E-state index in [1.54, 1.807) is 42.7 Å². The third-order valence-electron chi connectivity index (χ3n) is 5.89. The van der Waals surface area contributed by atoms with Gasteiger partial charge in [-0.15, -0.1) is 11.3 Å². The number of hydrogen-bond acceptors (Lipinski definition) is 5. The van der Waals surface area contributed by atoms with Gasteiger partial charge < -0.3 is 9.88 Å². The Bertz CT molecular complexity index is 1630. The summed E-state index contributed by atoms with van der Waals surface area (Å²) in [6.45, 7) is 1.69. The highest BCUT2D eigenvalue weighted by molar-refractivity contribution is 7.90. The Labute approximate surface area is 213 Å². The van der Waals surface area contributed by atoms with Gasteiger partial charge in [0.05, 0.1) is 10.9 Å². The van der Waals surface area contributed by atoms with Crippen molar-refractivity contribution in [1.82, 2.24) is 19.6 Å². The number of fused-ring (bicyclic) bond motifs is 1.